The number of rotatable bonds is 7. The summed E-state index contributed by atoms with van der Waals surface area (Å²) in [6.45, 7) is 5.01. The molecule has 2 unspecified atom stereocenters. The minimum Gasteiger partial charge on any atom is -0.381 e. The van der Waals surface area contributed by atoms with E-state index in [1.807, 2.05) is 6.92 Å². The van der Waals surface area contributed by atoms with Gasteiger partial charge in [0, 0.05) is 18.1 Å². The molecule has 0 amide bonds. The van der Waals surface area contributed by atoms with E-state index in [0.717, 1.165) is 25.7 Å². The van der Waals surface area contributed by atoms with E-state index in [4.69, 9.17) is 9.47 Å². The minimum absolute atomic E-state index is 0.314. The molecule has 2 rings (SSSR count). The first-order valence-electron chi connectivity index (χ1n) is 7.05. The minimum atomic E-state index is -0.824. The maximum absolute atomic E-state index is 13.8. The highest BCUT2D eigenvalue weighted by atomic mass is 19.2. The summed E-state index contributed by atoms with van der Waals surface area (Å²) in [6, 6.07) is 3.90. The van der Waals surface area contributed by atoms with Crippen molar-refractivity contribution in [1.82, 2.24) is 5.32 Å². The van der Waals surface area contributed by atoms with Crippen LogP contribution in [0.1, 0.15) is 24.9 Å². The zero-order valence-corrected chi connectivity index (χ0v) is 11.7. The molecule has 3 nitrogen and oxygen atoms in total. The third kappa shape index (κ3) is 3.98. The Kier molecular flexibility index (Phi) is 5.88. The van der Waals surface area contributed by atoms with E-state index in [-0.39, 0.29) is 6.04 Å². The predicted octanol–water partition coefficient (Wildman–Crippen LogP) is 2.67. The lowest BCUT2D eigenvalue weighted by Crippen LogP contribution is -2.27. The third-order valence-corrected chi connectivity index (χ3v) is 3.47. The molecule has 112 valence electrons. The molecule has 0 radical (unpaired) electrons. The first-order valence-corrected chi connectivity index (χ1v) is 7.05. The van der Waals surface area contributed by atoms with Crippen LogP contribution >= 0.6 is 0 Å². The van der Waals surface area contributed by atoms with Crippen LogP contribution in [0.2, 0.25) is 0 Å². The molecule has 20 heavy (non-hydrogen) atoms. The highest BCUT2D eigenvalue weighted by molar-refractivity contribution is 5.22. The first kappa shape index (κ1) is 15.4. The second kappa shape index (κ2) is 7.67. The molecule has 1 fully saturated rings. The van der Waals surface area contributed by atoms with Crippen LogP contribution in [0.3, 0.4) is 0 Å². The maximum Gasteiger partial charge on any atom is 0.163 e. The molecule has 0 saturated carbocycles. The normalized spacial score (nSPS) is 20.2. The van der Waals surface area contributed by atoms with Gasteiger partial charge in [-0.2, -0.15) is 0 Å². The number of halogens is 2. The fourth-order valence-corrected chi connectivity index (χ4v) is 2.36. The summed E-state index contributed by atoms with van der Waals surface area (Å²) in [5.74, 6) is -1.21. The van der Waals surface area contributed by atoms with Gasteiger partial charge in [-0.15, -0.1) is 0 Å². The summed E-state index contributed by atoms with van der Waals surface area (Å²) in [5.41, 5.74) is 0.314. The quantitative estimate of drug-likeness (QED) is 0.835. The summed E-state index contributed by atoms with van der Waals surface area (Å²) in [4.78, 5) is 0. The van der Waals surface area contributed by atoms with Crippen LogP contribution < -0.4 is 5.32 Å². The Hall–Kier alpha value is -1.04. The Morgan fingerprint density at radius 2 is 2.30 bits per heavy atom. The van der Waals surface area contributed by atoms with Crippen molar-refractivity contribution >= 4 is 0 Å². The number of hydrogen-bond donors (Lipinski definition) is 1. The molecule has 1 heterocycles. The SMILES string of the molecule is CCNC(COCC1CCOC1)c1cccc(F)c1F. The maximum atomic E-state index is 13.8. The molecule has 1 aromatic carbocycles. The van der Waals surface area contributed by atoms with Crippen molar-refractivity contribution in [3.8, 4) is 0 Å². The van der Waals surface area contributed by atoms with Crippen molar-refractivity contribution < 1.29 is 18.3 Å². The van der Waals surface area contributed by atoms with Crippen LogP contribution in [-0.4, -0.2) is 33.0 Å². The van der Waals surface area contributed by atoms with Crippen LogP contribution in [0, 0.1) is 17.6 Å². The molecule has 5 heteroatoms. The Bertz CT molecular complexity index is 422. The van der Waals surface area contributed by atoms with Gasteiger partial charge < -0.3 is 14.8 Å². The van der Waals surface area contributed by atoms with Crippen molar-refractivity contribution in [1.29, 1.82) is 0 Å². The zero-order valence-electron chi connectivity index (χ0n) is 11.7. The van der Waals surface area contributed by atoms with Gasteiger partial charge in [0.05, 0.1) is 25.9 Å². The summed E-state index contributed by atoms with van der Waals surface area (Å²) in [6.07, 6.45) is 1.00. The second-order valence-corrected chi connectivity index (χ2v) is 5.02. The molecule has 0 aromatic heterocycles. The van der Waals surface area contributed by atoms with E-state index in [0.29, 0.717) is 31.2 Å². The summed E-state index contributed by atoms with van der Waals surface area (Å²) < 4.78 is 38.0. The van der Waals surface area contributed by atoms with Gasteiger partial charge in [-0.1, -0.05) is 19.1 Å². The number of ether oxygens (including phenoxy) is 2. The van der Waals surface area contributed by atoms with E-state index in [2.05, 4.69) is 5.32 Å². The molecule has 1 aliphatic rings. The lowest BCUT2D eigenvalue weighted by molar-refractivity contribution is 0.0739. The highest BCUT2D eigenvalue weighted by Gasteiger charge is 2.20. The van der Waals surface area contributed by atoms with Gasteiger partial charge in [0.1, 0.15) is 0 Å². The van der Waals surface area contributed by atoms with Crippen molar-refractivity contribution in [2.24, 2.45) is 5.92 Å². The third-order valence-electron chi connectivity index (χ3n) is 3.47. The Balaban J connectivity index is 1.93. The summed E-state index contributed by atoms with van der Waals surface area (Å²) >= 11 is 0. The van der Waals surface area contributed by atoms with Crippen LogP contribution in [-0.2, 0) is 9.47 Å². The Morgan fingerprint density at radius 1 is 1.45 bits per heavy atom. The van der Waals surface area contributed by atoms with Crippen LogP contribution in [0.5, 0.6) is 0 Å². The van der Waals surface area contributed by atoms with Gasteiger partial charge >= 0.3 is 0 Å². The Labute approximate surface area is 118 Å². The fraction of sp³-hybridized carbons (Fsp3) is 0.600. The molecule has 0 bridgehead atoms. The Morgan fingerprint density at radius 3 is 3.00 bits per heavy atom. The van der Waals surface area contributed by atoms with Gasteiger partial charge in [-0.25, -0.2) is 8.78 Å². The molecule has 1 aliphatic heterocycles. The number of benzene rings is 1. The topological polar surface area (TPSA) is 30.5 Å². The van der Waals surface area contributed by atoms with Crippen LogP contribution in [0.15, 0.2) is 18.2 Å². The zero-order chi connectivity index (χ0) is 14.4. The summed E-state index contributed by atoms with van der Waals surface area (Å²) in [7, 11) is 0. The summed E-state index contributed by atoms with van der Waals surface area (Å²) in [5, 5.41) is 3.13. The number of nitrogens with one attached hydrogen (secondary N) is 1. The van der Waals surface area contributed by atoms with Crippen LogP contribution in [0.25, 0.3) is 0 Å². The van der Waals surface area contributed by atoms with E-state index in [1.54, 1.807) is 6.07 Å². The van der Waals surface area contributed by atoms with Crippen molar-refractivity contribution in [2.75, 3.05) is 33.0 Å². The fourth-order valence-electron chi connectivity index (χ4n) is 2.36. The molecule has 1 N–H and O–H groups in total. The van der Waals surface area contributed by atoms with E-state index >= 15 is 0 Å². The monoisotopic (exact) mass is 285 g/mol. The molecule has 1 aromatic rings. The van der Waals surface area contributed by atoms with Gasteiger partial charge in [-0.3, -0.25) is 0 Å². The lowest BCUT2D eigenvalue weighted by atomic mass is 10.1. The highest BCUT2D eigenvalue weighted by Crippen LogP contribution is 2.20. The molecular weight excluding hydrogens is 264 g/mol. The first-order chi connectivity index (χ1) is 9.72. The lowest BCUT2D eigenvalue weighted by Gasteiger charge is -2.20. The van der Waals surface area contributed by atoms with Gasteiger partial charge in [0.15, 0.2) is 11.6 Å². The standard InChI is InChI=1S/C15H21F2NO2/c1-2-18-14(10-20-9-11-6-7-19-8-11)12-4-3-5-13(16)15(12)17/h3-5,11,14,18H,2,6-10H2,1H3. The van der Waals surface area contributed by atoms with Crippen molar-refractivity contribution in [3.05, 3.63) is 35.4 Å². The smallest absolute Gasteiger partial charge is 0.163 e. The number of hydrogen-bond acceptors (Lipinski definition) is 3. The average Bonchev–Trinajstić information content (AvgIpc) is 2.94. The van der Waals surface area contributed by atoms with Gasteiger partial charge in [-0.05, 0) is 19.0 Å². The van der Waals surface area contributed by atoms with Gasteiger partial charge in [0.25, 0.3) is 0 Å². The van der Waals surface area contributed by atoms with Crippen molar-refractivity contribution in [2.45, 2.75) is 19.4 Å². The van der Waals surface area contributed by atoms with E-state index < -0.39 is 11.6 Å². The largest absolute Gasteiger partial charge is 0.381 e. The second-order valence-electron chi connectivity index (χ2n) is 5.02. The van der Waals surface area contributed by atoms with Gasteiger partial charge in [0.2, 0.25) is 0 Å². The molecule has 0 aliphatic carbocycles. The van der Waals surface area contributed by atoms with E-state index in [1.165, 1.54) is 6.07 Å². The average molecular weight is 285 g/mol. The van der Waals surface area contributed by atoms with Crippen LogP contribution in [0.4, 0.5) is 8.78 Å². The molecule has 0 spiro atoms. The molecule has 2 atom stereocenters. The predicted molar refractivity (Wildman–Crippen MR) is 72.5 cm³/mol. The number of likely N-dealkylation sites (N-methyl/N-ethyl adjacent to an activating group) is 1. The molecule has 1 saturated heterocycles. The van der Waals surface area contributed by atoms with Crippen molar-refractivity contribution in [3.63, 3.8) is 0 Å². The van der Waals surface area contributed by atoms with E-state index in [9.17, 15) is 8.78 Å². The molecular formula is C15H21F2NO2.